The molecule has 2 rings (SSSR count). The van der Waals surface area contributed by atoms with Crippen molar-refractivity contribution in [3.63, 3.8) is 0 Å². The van der Waals surface area contributed by atoms with Crippen LogP contribution in [0.5, 0.6) is 0 Å². The summed E-state index contributed by atoms with van der Waals surface area (Å²) in [6.07, 6.45) is 2.37. The number of benzene rings is 1. The SMILES string of the molecule is Cc1cc(C)cc(C(=O)NCC2CCN(C(C)C)CC2)c1. The van der Waals surface area contributed by atoms with E-state index in [1.165, 1.54) is 12.8 Å². The minimum atomic E-state index is 0.0630. The number of carbonyl (C=O) groups is 1. The van der Waals surface area contributed by atoms with E-state index in [1.54, 1.807) is 0 Å². The van der Waals surface area contributed by atoms with Gasteiger partial charge in [0.2, 0.25) is 0 Å². The zero-order chi connectivity index (χ0) is 15.4. The molecule has 0 unspecified atom stereocenters. The summed E-state index contributed by atoms with van der Waals surface area (Å²) in [6, 6.07) is 6.65. The lowest BCUT2D eigenvalue weighted by Gasteiger charge is -2.34. The van der Waals surface area contributed by atoms with Gasteiger partial charge in [-0.15, -0.1) is 0 Å². The molecule has 3 nitrogen and oxygen atoms in total. The highest BCUT2D eigenvalue weighted by Crippen LogP contribution is 2.18. The Bertz CT molecular complexity index is 468. The van der Waals surface area contributed by atoms with Gasteiger partial charge < -0.3 is 10.2 Å². The molecule has 0 spiro atoms. The van der Waals surface area contributed by atoms with E-state index in [2.05, 4.69) is 30.1 Å². The lowest BCUT2D eigenvalue weighted by molar-refractivity contribution is 0.0929. The molecule has 1 aliphatic rings. The Morgan fingerprint density at radius 3 is 2.29 bits per heavy atom. The highest BCUT2D eigenvalue weighted by molar-refractivity contribution is 5.94. The van der Waals surface area contributed by atoms with Crippen LogP contribution in [-0.2, 0) is 0 Å². The third-order valence-electron chi connectivity index (χ3n) is 4.41. The zero-order valence-corrected chi connectivity index (χ0v) is 13.8. The first-order chi connectivity index (χ1) is 9.95. The topological polar surface area (TPSA) is 32.3 Å². The molecule has 0 aliphatic carbocycles. The number of nitrogens with one attached hydrogen (secondary N) is 1. The van der Waals surface area contributed by atoms with Crippen LogP contribution in [0, 0.1) is 19.8 Å². The third-order valence-corrected chi connectivity index (χ3v) is 4.41. The van der Waals surface area contributed by atoms with Gasteiger partial charge in [0.25, 0.3) is 5.91 Å². The molecule has 3 heteroatoms. The first kappa shape index (κ1) is 16.0. The highest BCUT2D eigenvalue weighted by Gasteiger charge is 2.21. The number of likely N-dealkylation sites (tertiary alicyclic amines) is 1. The van der Waals surface area contributed by atoms with Crippen molar-refractivity contribution in [2.24, 2.45) is 5.92 Å². The van der Waals surface area contributed by atoms with E-state index in [1.807, 2.05) is 26.0 Å². The summed E-state index contributed by atoms with van der Waals surface area (Å²) in [5.74, 6) is 0.683. The molecule has 21 heavy (non-hydrogen) atoms. The molecule has 1 aliphatic heterocycles. The number of nitrogens with zero attached hydrogens (tertiary/aromatic N) is 1. The second-order valence-electron chi connectivity index (χ2n) is 6.66. The lowest BCUT2D eigenvalue weighted by Crippen LogP contribution is -2.41. The molecule has 0 saturated carbocycles. The van der Waals surface area contributed by atoms with Gasteiger partial charge in [-0.25, -0.2) is 0 Å². The van der Waals surface area contributed by atoms with E-state index in [-0.39, 0.29) is 5.91 Å². The molecule has 1 aromatic rings. The fourth-order valence-electron chi connectivity index (χ4n) is 3.12. The number of carbonyl (C=O) groups excluding carboxylic acids is 1. The summed E-state index contributed by atoms with van der Waals surface area (Å²) < 4.78 is 0. The van der Waals surface area contributed by atoms with Crippen molar-refractivity contribution >= 4 is 5.91 Å². The van der Waals surface area contributed by atoms with Gasteiger partial charge in [0, 0.05) is 18.2 Å². The van der Waals surface area contributed by atoms with E-state index in [0.29, 0.717) is 12.0 Å². The molecule has 1 aromatic carbocycles. The fourth-order valence-corrected chi connectivity index (χ4v) is 3.12. The third kappa shape index (κ3) is 4.57. The standard InChI is InChI=1S/C18H28N2O/c1-13(2)20-7-5-16(6-8-20)12-19-18(21)17-10-14(3)9-15(4)11-17/h9-11,13,16H,5-8,12H2,1-4H3,(H,19,21). The van der Waals surface area contributed by atoms with Crippen LogP contribution in [0.2, 0.25) is 0 Å². The van der Waals surface area contributed by atoms with Crippen molar-refractivity contribution in [1.82, 2.24) is 10.2 Å². The molecule has 1 N–H and O–H groups in total. The van der Waals surface area contributed by atoms with Crippen molar-refractivity contribution in [3.05, 3.63) is 34.9 Å². The fraction of sp³-hybridized carbons (Fsp3) is 0.611. The largest absolute Gasteiger partial charge is 0.352 e. The van der Waals surface area contributed by atoms with Crippen molar-refractivity contribution in [2.75, 3.05) is 19.6 Å². The number of hydrogen-bond acceptors (Lipinski definition) is 2. The molecule has 1 fully saturated rings. The number of hydrogen-bond donors (Lipinski definition) is 1. The second kappa shape index (κ2) is 7.08. The van der Waals surface area contributed by atoms with E-state index in [4.69, 9.17) is 0 Å². The average molecular weight is 288 g/mol. The summed E-state index contributed by atoms with van der Waals surface area (Å²) in [6.45, 7) is 11.7. The highest BCUT2D eigenvalue weighted by atomic mass is 16.1. The van der Waals surface area contributed by atoms with Gasteiger partial charge in [-0.3, -0.25) is 4.79 Å². The van der Waals surface area contributed by atoms with Crippen LogP contribution in [0.1, 0.15) is 48.2 Å². The summed E-state index contributed by atoms with van der Waals surface area (Å²) in [7, 11) is 0. The maximum atomic E-state index is 12.2. The quantitative estimate of drug-likeness (QED) is 0.923. The number of aryl methyl sites for hydroxylation is 2. The second-order valence-corrected chi connectivity index (χ2v) is 6.66. The summed E-state index contributed by atoms with van der Waals surface area (Å²) in [5, 5.41) is 3.11. The van der Waals surface area contributed by atoms with Crippen LogP contribution in [0.3, 0.4) is 0 Å². The van der Waals surface area contributed by atoms with Gasteiger partial charge >= 0.3 is 0 Å². The van der Waals surface area contributed by atoms with Crippen molar-refractivity contribution < 1.29 is 4.79 Å². The predicted octanol–water partition coefficient (Wildman–Crippen LogP) is 3.15. The molecule has 1 heterocycles. The summed E-state index contributed by atoms with van der Waals surface area (Å²) >= 11 is 0. The summed E-state index contributed by atoms with van der Waals surface area (Å²) in [5.41, 5.74) is 3.07. The maximum absolute atomic E-state index is 12.2. The van der Waals surface area contributed by atoms with Crippen molar-refractivity contribution in [2.45, 2.75) is 46.6 Å². The monoisotopic (exact) mass is 288 g/mol. The van der Waals surface area contributed by atoms with E-state index in [0.717, 1.165) is 36.3 Å². The Kier molecular flexibility index (Phi) is 5.40. The van der Waals surface area contributed by atoms with Gasteiger partial charge in [0.15, 0.2) is 0 Å². The first-order valence-corrected chi connectivity index (χ1v) is 8.06. The maximum Gasteiger partial charge on any atom is 0.251 e. The van der Waals surface area contributed by atoms with Crippen LogP contribution in [0.15, 0.2) is 18.2 Å². The minimum absolute atomic E-state index is 0.0630. The molecule has 1 saturated heterocycles. The van der Waals surface area contributed by atoms with Crippen LogP contribution >= 0.6 is 0 Å². The first-order valence-electron chi connectivity index (χ1n) is 8.06. The molecule has 0 aromatic heterocycles. The van der Waals surface area contributed by atoms with Gasteiger partial charge in [0.1, 0.15) is 0 Å². The number of piperidine rings is 1. The Balaban J connectivity index is 1.82. The Morgan fingerprint density at radius 2 is 1.76 bits per heavy atom. The normalized spacial score (nSPS) is 17.2. The molecule has 0 bridgehead atoms. The Morgan fingerprint density at radius 1 is 1.19 bits per heavy atom. The van der Waals surface area contributed by atoms with Crippen molar-refractivity contribution in [3.8, 4) is 0 Å². The number of rotatable bonds is 4. The molecular weight excluding hydrogens is 260 g/mol. The molecule has 1 amide bonds. The minimum Gasteiger partial charge on any atom is -0.352 e. The van der Waals surface area contributed by atoms with E-state index in [9.17, 15) is 4.79 Å². The van der Waals surface area contributed by atoms with Crippen LogP contribution in [0.25, 0.3) is 0 Å². The average Bonchev–Trinajstić information content (AvgIpc) is 2.44. The zero-order valence-electron chi connectivity index (χ0n) is 13.8. The Labute approximate surface area is 128 Å². The van der Waals surface area contributed by atoms with Crippen LogP contribution < -0.4 is 5.32 Å². The smallest absolute Gasteiger partial charge is 0.251 e. The predicted molar refractivity (Wildman–Crippen MR) is 87.7 cm³/mol. The van der Waals surface area contributed by atoms with Gasteiger partial charge in [-0.2, -0.15) is 0 Å². The summed E-state index contributed by atoms with van der Waals surface area (Å²) in [4.78, 5) is 14.8. The molecule has 0 atom stereocenters. The van der Waals surface area contributed by atoms with Gasteiger partial charge in [0.05, 0.1) is 0 Å². The van der Waals surface area contributed by atoms with Crippen molar-refractivity contribution in [1.29, 1.82) is 0 Å². The van der Waals surface area contributed by atoms with Gasteiger partial charge in [-0.1, -0.05) is 17.2 Å². The van der Waals surface area contributed by atoms with Gasteiger partial charge in [-0.05, 0) is 71.7 Å². The molecule has 0 radical (unpaired) electrons. The van der Waals surface area contributed by atoms with Crippen LogP contribution in [-0.4, -0.2) is 36.5 Å². The van der Waals surface area contributed by atoms with E-state index >= 15 is 0 Å². The van der Waals surface area contributed by atoms with E-state index < -0.39 is 0 Å². The lowest BCUT2D eigenvalue weighted by atomic mass is 9.96. The molecule has 116 valence electrons. The molecular formula is C18H28N2O. The Hall–Kier alpha value is -1.35. The van der Waals surface area contributed by atoms with Crippen LogP contribution in [0.4, 0.5) is 0 Å². The number of amides is 1.